The summed E-state index contributed by atoms with van der Waals surface area (Å²) in [5.41, 5.74) is 0. The highest BCUT2D eigenvalue weighted by atomic mass is 16.5. The SMILES string of the molecule is C[C@@H]1CN(C(=O)N2CCOCC2CO)C[C@H]1C(=O)O. The van der Waals surface area contributed by atoms with Gasteiger partial charge in [0, 0.05) is 19.6 Å². The molecule has 0 aromatic rings. The van der Waals surface area contributed by atoms with Crippen molar-refractivity contribution in [3.05, 3.63) is 0 Å². The van der Waals surface area contributed by atoms with Gasteiger partial charge in [0.05, 0.1) is 31.8 Å². The van der Waals surface area contributed by atoms with E-state index in [1.165, 1.54) is 0 Å². The minimum atomic E-state index is -0.858. The van der Waals surface area contributed by atoms with Crippen molar-refractivity contribution in [2.24, 2.45) is 11.8 Å². The number of amides is 2. The van der Waals surface area contributed by atoms with Crippen molar-refractivity contribution in [3.8, 4) is 0 Å². The third-order valence-electron chi connectivity index (χ3n) is 3.88. The number of likely N-dealkylation sites (tertiary alicyclic amines) is 1. The van der Waals surface area contributed by atoms with Crippen molar-refractivity contribution >= 4 is 12.0 Å². The lowest BCUT2D eigenvalue weighted by Gasteiger charge is -2.37. The molecule has 2 aliphatic rings. The van der Waals surface area contributed by atoms with Crippen LogP contribution in [0.3, 0.4) is 0 Å². The van der Waals surface area contributed by atoms with Crippen molar-refractivity contribution in [1.29, 1.82) is 0 Å². The van der Waals surface area contributed by atoms with Gasteiger partial charge >= 0.3 is 12.0 Å². The number of nitrogens with zero attached hydrogens (tertiary/aromatic N) is 2. The molecule has 0 radical (unpaired) electrons. The predicted octanol–water partition coefficient (Wildman–Crippen LogP) is -0.548. The van der Waals surface area contributed by atoms with Crippen molar-refractivity contribution in [1.82, 2.24) is 9.80 Å². The van der Waals surface area contributed by atoms with E-state index >= 15 is 0 Å². The third-order valence-corrected chi connectivity index (χ3v) is 3.88. The topological polar surface area (TPSA) is 90.3 Å². The summed E-state index contributed by atoms with van der Waals surface area (Å²) >= 11 is 0. The maximum atomic E-state index is 12.4. The number of rotatable bonds is 2. The lowest BCUT2D eigenvalue weighted by molar-refractivity contribution is -0.142. The van der Waals surface area contributed by atoms with Gasteiger partial charge in [-0.05, 0) is 5.92 Å². The van der Waals surface area contributed by atoms with E-state index < -0.39 is 11.9 Å². The third kappa shape index (κ3) is 2.82. The van der Waals surface area contributed by atoms with Crippen molar-refractivity contribution in [3.63, 3.8) is 0 Å². The molecule has 0 spiro atoms. The summed E-state index contributed by atoms with van der Waals surface area (Å²) in [6.45, 7) is 3.61. The first-order chi connectivity index (χ1) is 9.04. The molecular weight excluding hydrogens is 252 g/mol. The summed E-state index contributed by atoms with van der Waals surface area (Å²) in [6.07, 6.45) is 0. The van der Waals surface area contributed by atoms with E-state index in [2.05, 4.69) is 0 Å². The fraction of sp³-hybridized carbons (Fsp3) is 0.833. The second-order valence-electron chi connectivity index (χ2n) is 5.21. The lowest BCUT2D eigenvalue weighted by Crippen LogP contribution is -2.54. The number of morpholine rings is 1. The number of ether oxygens (including phenoxy) is 1. The molecule has 2 aliphatic heterocycles. The van der Waals surface area contributed by atoms with Crippen LogP contribution < -0.4 is 0 Å². The lowest BCUT2D eigenvalue weighted by atomic mass is 9.99. The van der Waals surface area contributed by atoms with Crippen LogP contribution in [-0.4, -0.2) is 77.5 Å². The van der Waals surface area contributed by atoms with Crippen LogP contribution in [0.5, 0.6) is 0 Å². The Bertz CT molecular complexity index is 362. The number of carboxylic acid groups (broad SMARTS) is 1. The highest BCUT2D eigenvalue weighted by Crippen LogP contribution is 2.25. The van der Waals surface area contributed by atoms with Gasteiger partial charge in [-0.15, -0.1) is 0 Å². The maximum Gasteiger partial charge on any atom is 0.320 e. The fourth-order valence-electron chi connectivity index (χ4n) is 2.68. The quantitative estimate of drug-likeness (QED) is 0.704. The Morgan fingerprint density at radius 3 is 2.68 bits per heavy atom. The van der Waals surface area contributed by atoms with Crippen LogP contribution in [-0.2, 0) is 9.53 Å². The first-order valence-electron chi connectivity index (χ1n) is 6.51. The Morgan fingerprint density at radius 2 is 2.11 bits per heavy atom. The van der Waals surface area contributed by atoms with Gasteiger partial charge in [0.25, 0.3) is 0 Å². The molecule has 1 unspecified atom stereocenters. The highest BCUT2D eigenvalue weighted by molar-refractivity contribution is 5.78. The van der Waals surface area contributed by atoms with Crippen LogP contribution >= 0.6 is 0 Å². The predicted molar refractivity (Wildman–Crippen MR) is 65.7 cm³/mol. The zero-order chi connectivity index (χ0) is 14.0. The van der Waals surface area contributed by atoms with Gasteiger partial charge in [-0.3, -0.25) is 4.79 Å². The monoisotopic (exact) mass is 272 g/mol. The summed E-state index contributed by atoms with van der Waals surface area (Å²) in [5.74, 6) is -1.41. The average Bonchev–Trinajstić information content (AvgIpc) is 2.80. The smallest absolute Gasteiger partial charge is 0.320 e. The van der Waals surface area contributed by atoms with E-state index in [9.17, 15) is 14.7 Å². The first-order valence-corrected chi connectivity index (χ1v) is 6.51. The van der Waals surface area contributed by atoms with Gasteiger partial charge in [0.1, 0.15) is 0 Å². The van der Waals surface area contributed by atoms with E-state index in [4.69, 9.17) is 9.84 Å². The number of hydrogen-bond acceptors (Lipinski definition) is 4. The minimum absolute atomic E-state index is 0.0462. The molecule has 2 fully saturated rings. The van der Waals surface area contributed by atoms with Crippen LogP contribution in [0.4, 0.5) is 4.79 Å². The fourth-order valence-corrected chi connectivity index (χ4v) is 2.68. The largest absolute Gasteiger partial charge is 0.481 e. The van der Waals surface area contributed by atoms with Gasteiger partial charge in [-0.25, -0.2) is 4.79 Å². The highest BCUT2D eigenvalue weighted by Gasteiger charge is 2.40. The molecule has 108 valence electrons. The molecule has 3 atom stereocenters. The summed E-state index contributed by atoms with van der Waals surface area (Å²) in [4.78, 5) is 26.6. The standard InChI is InChI=1S/C12H20N2O5/c1-8-4-13(5-10(8)11(16)17)12(18)14-2-3-19-7-9(14)6-15/h8-10,15H,2-7H2,1H3,(H,16,17)/t8-,9?,10-/m1/s1. The molecular formula is C12H20N2O5. The molecule has 0 aliphatic carbocycles. The van der Waals surface area contributed by atoms with E-state index in [0.717, 1.165) is 0 Å². The molecule has 2 saturated heterocycles. The summed E-state index contributed by atoms with van der Waals surface area (Å²) in [6, 6.07) is -0.529. The number of carboxylic acids is 1. The van der Waals surface area contributed by atoms with Crippen molar-refractivity contribution < 1.29 is 24.5 Å². The van der Waals surface area contributed by atoms with Crippen LogP contribution in [0, 0.1) is 11.8 Å². The molecule has 7 nitrogen and oxygen atoms in total. The summed E-state index contributed by atoms with van der Waals surface area (Å²) in [5, 5.41) is 18.3. The van der Waals surface area contributed by atoms with E-state index in [0.29, 0.717) is 26.3 Å². The Morgan fingerprint density at radius 1 is 1.37 bits per heavy atom. The average molecular weight is 272 g/mol. The van der Waals surface area contributed by atoms with Crippen LogP contribution in [0.2, 0.25) is 0 Å². The van der Waals surface area contributed by atoms with E-state index in [1.54, 1.807) is 9.80 Å². The summed E-state index contributed by atoms with van der Waals surface area (Å²) in [7, 11) is 0. The summed E-state index contributed by atoms with van der Waals surface area (Å²) < 4.78 is 5.23. The molecule has 2 heterocycles. The number of aliphatic hydroxyl groups excluding tert-OH is 1. The number of aliphatic carboxylic acids is 1. The molecule has 19 heavy (non-hydrogen) atoms. The van der Waals surface area contributed by atoms with Crippen molar-refractivity contribution in [2.75, 3.05) is 39.5 Å². The molecule has 2 rings (SSSR count). The zero-order valence-corrected chi connectivity index (χ0v) is 11.0. The Labute approximate surface area is 111 Å². The minimum Gasteiger partial charge on any atom is -0.481 e. The molecule has 0 saturated carbocycles. The molecule has 7 heteroatoms. The number of carbonyl (C=O) groups excluding carboxylic acids is 1. The van der Waals surface area contributed by atoms with Gasteiger partial charge in [0.2, 0.25) is 0 Å². The molecule has 2 N–H and O–H groups in total. The Balaban J connectivity index is 2.02. The second-order valence-corrected chi connectivity index (χ2v) is 5.21. The molecule has 2 amide bonds. The van der Waals surface area contributed by atoms with Gasteiger partial charge in [-0.1, -0.05) is 6.92 Å². The van der Waals surface area contributed by atoms with Gasteiger partial charge in [0.15, 0.2) is 0 Å². The zero-order valence-electron chi connectivity index (χ0n) is 11.0. The van der Waals surface area contributed by atoms with Crippen molar-refractivity contribution in [2.45, 2.75) is 13.0 Å². The molecule has 0 bridgehead atoms. The Kier molecular flexibility index (Phi) is 4.26. The number of urea groups is 1. The van der Waals surface area contributed by atoms with Gasteiger partial charge < -0.3 is 24.7 Å². The van der Waals surface area contributed by atoms with Gasteiger partial charge in [-0.2, -0.15) is 0 Å². The number of aliphatic hydroxyl groups is 1. The molecule has 0 aromatic heterocycles. The van der Waals surface area contributed by atoms with Crippen LogP contribution in [0.25, 0.3) is 0 Å². The van der Waals surface area contributed by atoms with E-state index in [-0.39, 0.29) is 31.1 Å². The number of carbonyl (C=O) groups is 2. The normalized spacial score (nSPS) is 31.6. The first kappa shape index (κ1) is 14.1. The number of hydrogen-bond donors (Lipinski definition) is 2. The molecule has 0 aromatic carbocycles. The second kappa shape index (κ2) is 5.75. The van der Waals surface area contributed by atoms with Crippen LogP contribution in [0.1, 0.15) is 6.92 Å². The van der Waals surface area contributed by atoms with E-state index in [1.807, 2.05) is 6.92 Å². The Hall–Kier alpha value is -1.34. The maximum absolute atomic E-state index is 12.4. The van der Waals surface area contributed by atoms with Crippen LogP contribution in [0.15, 0.2) is 0 Å².